The van der Waals surface area contributed by atoms with E-state index in [4.69, 9.17) is 16.7 Å². The smallest absolute Gasteiger partial charge is 0.317 e. The van der Waals surface area contributed by atoms with Crippen LogP contribution in [0.2, 0.25) is 5.02 Å². The van der Waals surface area contributed by atoms with Crippen LogP contribution in [0.25, 0.3) is 0 Å². The standard InChI is InChI=1S/C15H21ClN2O3S/c1-2-18(8-15(20)21)12-6-11(7-12)17-14(19)4-3-13-5-10(16)9-22-13/h5,9,11-12H,2-4,6-8H2,1H3,(H,17,19)(H,20,21). The molecule has 1 aliphatic rings. The highest BCUT2D eigenvalue weighted by molar-refractivity contribution is 7.10. The van der Waals surface area contributed by atoms with E-state index < -0.39 is 5.97 Å². The molecular weight excluding hydrogens is 324 g/mol. The number of aryl methyl sites for hydroxylation is 1. The Hall–Kier alpha value is -1.11. The second kappa shape index (κ2) is 7.94. The molecule has 0 aromatic carbocycles. The molecule has 0 radical (unpaired) electrons. The summed E-state index contributed by atoms with van der Waals surface area (Å²) in [6.45, 7) is 2.75. The van der Waals surface area contributed by atoms with Crippen molar-refractivity contribution in [1.29, 1.82) is 0 Å². The van der Waals surface area contributed by atoms with Crippen LogP contribution in [0.4, 0.5) is 0 Å². The third-order valence-corrected chi connectivity index (χ3v) is 5.30. The largest absolute Gasteiger partial charge is 0.480 e. The summed E-state index contributed by atoms with van der Waals surface area (Å²) in [5, 5.41) is 14.5. The van der Waals surface area contributed by atoms with E-state index in [0.29, 0.717) is 12.8 Å². The number of hydrogen-bond acceptors (Lipinski definition) is 4. The zero-order chi connectivity index (χ0) is 16.1. The summed E-state index contributed by atoms with van der Waals surface area (Å²) in [5.41, 5.74) is 0. The first kappa shape index (κ1) is 17.2. The molecular formula is C15H21ClN2O3S. The fourth-order valence-electron chi connectivity index (χ4n) is 2.70. The van der Waals surface area contributed by atoms with Crippen LogP contribution in [0.3, 0.4) is 0 Å². The molecule has 7 heteroatoms. The van der Waals surface area contributed by atoms with Gasteiger partial charge in [0.1, 0.15) is 0 Å². The first-order valence-corrected chi connectivity index (χ1v) is 8.71. The van der Waals surface area contributed by atoms with Gasteiger partial charge < -0.3 is 10.4 Å². The number of carbonyl (C=O) groups is 2. The molecule has 1 aromatic heterocycles. The van der Waals surface area contributed by atoms with E-state index in [9.17, 15) is 9.59 Å². The van der Waals surface area contributed by atoms with Gasteiger partial charge in [0.15, 0.2) is 0 Å². The Morgan fingerprint density at radius 3 is 2.77 bits per heavy atom. The summed E-state index contributed by atoms with van der Waals surface area (Å²) < 4.78 is 0. The first-order chi connectivity index (χ1) is 10.5. The van der Waals surface area contributed by atoms with Gasteiger partial charge in [0.2, 0.25) is 5.91 Å². The van der Waals surface area contributed by atoms with Crippen LogP contribution in [-0.2, 0) is 16.0 Å². The summed E-state index contributed by atoms with van der Waals surface area (Å²) >= 11 is 7.42. The van der Waals surface area contributed by atoms with Crippen molar-refractivity contribution in [2.24, 2.45) is 0 Å². The first-order valence-electron chi connectivity index (χ1n) is 7.46. The lowest BCUT2D eigenvalue weighted by Crippen LogP contribution is -2.54. The minimum Gasteiger partial charge on any atom is -0.480 e. The van der Waals surface area contributed by atoms with E-state index in [1.165, 1.54) is 0 Å². The highest BCUT2D eigenvalue weighted by Gasteiger charge is 2.34. The number of carboxylic acids is 1. The van der Waals surface area contributed by atoms with Crippen LogP contribution in [0.5, 0.6) is 0 Å². The molecule has 1 heterocycles. The Morgan fingerprint density at radius 2 is 2.23 bits per heavy atom. The highest BCUT2D eigenvalue weighted by atomic mass is 35.5. The second-order valence-electron chi connectivity index (χ2n) is 5.58. The molecule has 1 fully saturated rings. The second-order valence-corrected chi connectivity index (χ2v) is 7.01. The lowest BCUT2D eigenvalue weighted by molar-refractivity contribution is -0.139. The van der Waals surface area contributed by atoms with Gasteiger partial charge in [-0.3, -0.25) is 14.5 Å². The minimum absolute atomic E-state index is 0.0502. The minimum atomic E-state index is -0.802. The predicted molar refractivity (Wildman–Crippen MR) is 87.5 cm³/mol. The van der Waals surface area contributed by atoms with E-state index in [0.717, 1.165) is 29.3 Å². The maximum atomic E-state index is 11.9. The molecule has 0 aliphatic heterocycles. The van der Waals surface area contributed by atoms with Crippen molar-refractivity contribution < 1.29 is 14.7 Å². The molecule has 1 aliphatic carbocycles. The zero-order valence-electron chi connectivity index (χ0n) is 12.5. The molecule has 0 atom stereocenters. The monoisotopic (exact) mass is 344 g/mol. The number of amides is 1. The number of rotatable bonds is 8. The van der Waals surface area contributed by atoms with Crippen LogP contribution >= 0.6 is 22.9 Å². The Bertz CT molecular complexity index is 529. The Kier molecular flexibility index (Phi) is 6.23. The van der Waals surface area contributed by atoms with E-state index >= 15 is 0 Å². The van der Waals surface area contributed by atoms with E-state index in [1.807, 2.05) is 23.3 Å². The molecule has 0 bridgehead atoms. The number of halogens is 1. The molecule has 0 unspecified atom stereocenters. The summed E-state index contributed by atoms with van der Waals surface area (Å²) in [7, 11) is 0. The normalized spacial score (nSPS) is 20.7. The van der Waals surface area contributed by atoms with Gasteiger partial charge in [-0.25, -0.2) is 0 Å². The van der Waals surface area contributed by atoms with Crippen molar-refractivity contribution in [2.45, 2.75) is 44.7 Å². The molecule has 2 rings (SSSR count). The average molecular weight is 345 g/mol. The summed E-state index contributed by atoms with van der Waals surface area (Å²) in [6, 6.07) is 2.33. The number of carboxylic acid groups (broad SMARTS) is 1. The summed E-state index contributed by atoms with van der Waals surface area (Å²) in [5.74, 6) is -0.752. The fourth-order valence-corrected chi connectivity index (χ4v) is 3.78. The zero-order valence-corrected chi connectivity index (χ0v) is 14.1. The molecule has 1 amide bonds. The molecule has 2 N–H and O–H groups in total. The summed E-state index contributed by atoms with van der Waals surface area (Å²) in [6.07, 6.45) is 2.83. The Balaban J connectivity index is 1.66. The van der Waals surface area contributed by atoms with E-state index in [1.54, 1.807) is 11.3 Å². The Labute approximate surface area is 139 Å². The van der Waals surface area contributed by atoms with Gasteiger partial charge in [0.05, 0.1) is 11.6 Å². The average Bonchev–Trinajstić information content (AvgIpc) is 2.83. The molecule has 1 saturated carbocycles. The lowest BCUT2D eigenvalue weighted by Gasteiger charge is -2.42. The molecule has 22 heavy (non-hydrogen) atoms. The van der Waals surface area contributed by atoms with Crippen LogP contribution in [0, 0.1) is 0 Å². The third kappa shape index (κ3) is 4.97. The number of nitrogens with one attached hydrogen (secondary N) is 1. The fraction of sp³-hybridized carbons (Fsp3) is 0.600. The molecule has 0 spiro atoms. The maximum absolute atomic E-state index is 11.9. The number of hydrogen-bond donors (Lipinski definition) is 2. The van der Waals surface area contributed by atoms with Crippen LogP contribution in [-0.4, -0.2) is 47.1 Å². The Morgan fingerprint density at radius 1 is 1.50 bits per heavy atom. The third-order valence-electron chi connectivity index (χ3n) is 3.96. The van der Waals surface area contributed by atoms with Crippen molar-refractivity contribution in [3.63, 3.8) is 0 Å². The van der Waals surface area contributed by atoms with Crippen molar-refractivity contribution >= 4 is 34.8 Å². The van der Waals surface area contributed by atoms with Crippen molar-refractivity contribution in [2.75, 3.05) is 13.1 Å². The number of aliphatic carboxylic acids is 1. The maximum Gasteiger partial charge on any atom is 0.317 e. The molecule has 5 nitrogen and oxygen atoms in total. The number of likely N-dealkylation sites (N-methyl/N-ethyl adjacent to an activating group) is 1. The van der Waals surface area contributed by atoms with Gasteiger partial charge in [-0.2, -0.15) is 0 Å². The molecule has 1 aromatic rings. The lowest BCUT2D eigenvalue weighted by atomic mass is 9.85. The van der Waals surface area contributed by atoms with Gasteiger partial charge in [-0.15, -0.1) is 11.3 Å². The predicted octanol–water partition coefficient (Wildman–Crippen LogP) is 2.39. The number of carbonyl (C=O) groups excluding carboxylic acids is 1. The van der Waals surface area contributed by atoms with Crippen molar-refractivity contribution in [3.8, 4) is 0 Å². The van der Waals surface area contributed by atoms with Crippen molar-refractivity contribution in [3.05, 3.63) is 21.3 Å². The van der Waals surface area contributed by atoms with E-state index in [-0.39, 0.29) is 24.5 Å². The van der Waals surface area contributed by atoms with Gasteiger partial charge in [0.25, 0.3) is 0 Å². The molecule has 0 saturated heterocycles. The summed E-state index contributed by atoms with van der Waals surface area (Å²) in [4.78, 5) is 25.7. The topological polar surface area (TPSA) is 69.6 Å². The highest BCUT2D eigenvalue weighted by Crippen LogP contribution is 2.26. The van der Waals surface area contributed by atoms with Crippen LogP contribution < -0.4 is 5.32 Å². The number of nitrogens with zero attached hydrogens (tertiary/aromatic N) is 1. The number of thiophene rings is 1. The van der Waals surface area contributed by atoms with Gasteiger partial charge >= 0.3 is 5.97 Å². The van der Waals surface area contributed by atoms with Gasteiger partial charge in [-0.05, 0) is 31.9 Å². The van der Waals surface area contributed by atoms with Crippen LogP contribution in [0.1, 0.15) is 31.1 Å². The SMILES string of the molecule is CCN(CC(=O)O)C1CC(NC(=O)CCc2cc(Cl)cs2)C1. The van der Waals surface area contributed by atoms with Gasteiger partial charge in [0, 0.05) is 28.8 Å². The van der Waals surface area contributed by atoms with Crippen molar-refractivity contribution in [1.82, 2.24) is 10.2 Å². The van der Waals surface area contributed by atoms with Crippen LogP contribution in [0.15, 0.2) is 11.4 Å². The van der Waals surface area contributed by atoms with Gasteiger partial charge in [-0.1, -0.05) is 18.5 Å². The quantitative estimate of drug-likeness (QED) is 0.759. The van der Waals surface area contributed by atoms with E-state index in [2.05, 4.69) is 5.32 Å². The molecule has 122 valence electrons.